The summed E-state index contributed by atoms with van der Waals surface area (Å²) in [5, 5.41) is 13.5. The number of carbonyl (C=O) groups is 2. The summed E-state index contributed by atoms with van der Waals surface area (Å²) >= 11 is 1.02. The molecule has 3 N–H and O–H groups in total. The standard InChI is InChI=1S/C16H13N5O5S/c1-8-12-15(27-13(8)14(17)23)18-7-20(16(12)24)6-11(22)19-9-3-2-4-10(5-9)21(25)26/h2-5,7H,6H2,1H3,(H2,17,23)(H,19,22). The van der Waals surface area contributed by atoms with Gasteiger partial charge in [0.15, 0.2) is 0 Å². The minimum atomic E-state index is -0.648. The Morgan fingerprint density at radius 1 is 1.41 bits per heavy atom. The molecule has 3 aromatic rings. The number of nitro groups is 1. The first-order chi connectivity index (χ1) is 12.8. The number of nitrogens with zero attached hydrogens (tertiary/aromatic N) is 3. The van der Waals surface area contributed by atoms with Gasteiger partial charge in [0.05, 0.1) is 21.5 Å². The normalized spacial score (nSPS) is 10.7. The van der Waals surface area contributed by atoms with Gasteiger partial charge in [0.25, 0.3) is 17.2 Å². The second-order valence-corrected chi connectivity index (χ2v) is 6.63. The van der Waals surface area contributed by atoms with Gasteiger partial charge in [0.1, 0.15) is 11.4 Å². The van der Waals surface area contributed by atoms with Crippen LogP contribution in [0.25, 0.3) is 10.2 Å². The highest BCUT2D eigenvalue weighted by atomic mass is 32.1. The van der Waals surface area contributed by atoms with Crippen molar-refractivity contribution >= 4 is 44.7 Å². The largest absolute Gasteiger partial charge is 0.365 e. The summed E-state index contributed by atoms with van der Waals surface area (Å²) in [7, 11) is 0. The number of non-ortho nitro benzene ring substituents is 1. The number of aryl methyl sites for hydroxylation is 1. The number of benzene rings is 1. The van der Waals surface area contributed by atoms with E-state index in [4.69, 9.17) is 5.73 Å². The van der Waals surface area contributed by atoms with Crippen molar-refractivity contribution in [2.45, 2.75) is 13.5 Å². The Morgan fingerprint density at radius 3 is 2.81 bits per heavy atom. The lowest BCUT2D eigenvalue weighted by Crippen LogP contribution is -2.28. The molecule has 1 aromatic carbocycles. The first-order valence-corrected chi connectivity index (χ1v) is 8.42. The second-order valence-electron chi connectivity index (χ2n) is 5.63. The molecule has 0 unspecified atom stereocenters. The van der Waals surface area contributed by atoms with Crippen LogP contribution in [0.5, 0.6) is 0 Å². The molecule has 2 amide bonds. The number of hydrogen-bond acceptors (Lipinski definition) is 7. The summed E-state index contributed by atoms with van der Waals surface area (Å²) in [6.45, 7) is 1.25. The van der Waals surface area contributed by atoms with E-state index < -0.39 is 22.3 Å². The molecule has 0 radical (unpaired) electrons. The Hall–Kier alpha value is -3.60. The highest BCUT2D eigenvalue weighted by Gasteiger charge is 2.18. The van der Waals surface area contributed by atoms with Crippen molar-refractivity contribution in [1.82, 2.24) is 9.55 Å². The van der Waals surface area contributed by atoms with Gasteiger partial charge in [-0.3, -0.25) is 29.1 Å². The predicted molar refractivity (Wildman–Crippen MR) is 98.9 cm³/mol. The average Bonchev–Trinajstić information content (AvgIpc) is 2.95. The number of anilines is 1. The summed E-state index contributed by atoms with van der Waals surface area (Å²) < 4.78 is 1.10. The zero-order valence-electron chi connectivity index (χ0n) is 14.0. The van der Waals surface area contributed by atoms with Crippen molar-refractivity contribution < 1.29 is 14.5 Å². The number of primary amides is 1. The molecular weight excluding hydrogens is 374 g/mol. The lowest BCUT2D eigenvalue weighted by atomic mass is 10.2. The van der Waals surface area contributed by atoms with E-state index in [1.165, 1.54) is 30.6 Å². The molecular formula is C16H13N5O5S. The van der Waals surface area contributed by atoms with Gasteiger partial charge in [-0.1, -0.05) is 6.07 Å². The molecule has 27 heavy (non-hydrogen) atoms. The van der Waals surface area contributed by atoms with Crippen molar-refractivity contribution in [2.24, 2.45) is 5.73 Å². The van der Waals surface area contributed by atoms with Gasteiger partial charge in [0.2, 0.25) is 5.91 Å². The van der Waals surface area contributed by atoms with E-state index in [-0.39, 0.29) is 28.2 Å². The lowest BCUT2D eigenvalue weighted by Gasteiger charge is -2.07. The molecule has 0 fully saturated rings. The number of carbonyl (C=O) groups excluding carboxylic acids is 2. The number of thiophene rings is 1. The summed E-state index contributed by atoms with van der Waals surface area (Å²) in [4.78, 5) is 51.2. The molecule has 138 valence electrons. The monoisotopic (exact) mass is 387 g/mol. The van der Waals surface area contributed by atoms with E-state index in [1.54, 1.807) is 6.92 Å². The summed E-state index contributed by atoms with van der Waals surface area (Å²) in [6, 6.07) is 5.45. The van der Waals surface area contributed by atoms with Crippen LogP contribution in [0.15, 0.2) is 35.4 Å². The maximum atomic E-state index is 12.6. The maximum absolute atomic E-state index is 12.6. The van der Waals surface area contributed by atoms with Gasteiger partial charge in [0, 0.05) is 17.8 Å². The Bertz CT molecular complexity index is 1150. The summed E-state index contributed by atoms with van der Waals surface area (Å²) in [5.41, 5.74) is 5.31. The topological polar surface area (TPSA) is 150 Å². The van der Waals surface area contributed by atoms with Crippen LogP contribution in [0.4, 0.5) is 11.4 Å². The Labute approximate surface area is 155 Å². The van der Waals surface area contributed by atoms with Crippen molar-refractivity contribution in [3.8, 4) is 0 Å². The fourth-order valence-electron chi connectivity index (χ4n) is 2.56. The lowest BCUT2D eigenvalue weighted by molar-refractivity contribution is -0.384. The molecule has 0 atom stereocenters. The molecule has 0 bridgehead atoms. The SMILES string of the molecule is Cc1c(C(N)=O)sc2ncn(CC(=O)Nc3cccc([N+](=O)[O-])c3)c(=O)c12. The van der Waals surface area contributed by atoms with E-state index in [9.17, 15) is 24.5 Å². The fraction of sp³-hybridized carbons (Fsp3) is 0.125. The first kappa shape index (κ1) is 18.2. The second kappa shape index (κ2) is 6.96. The number of amides is 2. The Morgan fingerprint density at radius 2 is 2.15 bits per heavy atom. The van der Waals surface area contributed by atoms with Gasteiger partial charge in [-0.05, 0) is 18.6 Å². The van der Waals surface area contributed by atoms with Crippen LogP contribution in [0.2, 0.25) is 0 Å². The average molecular weight is 387 g/mol. The zero-order chi connectivity index (χ0) is 19.7. The van der Waals surface area contributed by atoms with Crippen LogP contribution in [0.3, 0.4) is 0 Å². The van der Waals surface area contributed by atoms with Crippen LogP contribution in [-0.4, -0.2) is 26.3 Å². The van der Waals surface area contributed by atoms with Crippen LogP contribution in [-0.2, 0) is 11.3 Å². The number of fused-ring (bicyclic) bond motifs is 1. The first-order valence-electron chi connectivity index (χ1n) is 7.60. The van der Waals surface area contributed by atoms with Crippen LogP contribution in [0.1, 0.15) is 15.2 Å². The molecule has 2 aromatic heterocycles. The number of nitrogens with one attached hydrogen (secondary N) is 1. The summed E-state index contributed by atoms with van der Waals surface area (Å²) in [5.74, 6) is -1.20. The number of rotatable bonds is 5. The van der Waals surface area contributed by atoms with Crippen molar-refractivity contribution in [2.75, 3.05) is 5.32 Å². The van der Waals surface area contributed by atoms with Gasteiger partial charge in [-0.2, -0.15) is 0 Å². The predicted octanol–water partition coefficient (Wildman–Crippen LogP) is 1.41. The summed E-state index contributed by atoms with van der Waals surface area (Å²) in [6.07, 6.45) is 1.21. The van der Waals surface area contributed by atoms with Crippen LogP contribution < -0.4 is 16.6 Å². The van der Waals surface area contributed by atoms with Gasteiger partial charge >= 0.3 is 0 Å². The number of nitro benzene ring substituents is 1. The molecule has 0 spiro atoms. The van der Waals surface area contributed by atoms with Crippen molar-refractivity contribution in [1.29, 1.82) is 0 Å². The maximum Gasteiger partial charge on any atom is 0.271 e. The zero-order valence-corrected chi connectivity index (χ0v) is 14.8. The van der Waals surface area contributed by atoms with Crippen LogP contribution >= 0.6 is 11.3 Å². The molecule has 0 aliphatic carbocycles. The van der Waals surface area contributed by atoms with E-state index in [0.717, 1.165) is 15.9 Å². The van der Waals surface area contributed by atoms with E-state index in [1.807, 2.05) is 0 Å². The van der Waals surface area contributed by atoms with E-state index in [0.29, 0.717) is 10.4 Å². The van der Waals surface area contributed by atoms with Gasteiger partial charge in [-0.25, -0.2) is 4.98 Å². The highest BCUT2D eigenvalue weighted by Crippen LogP contribution is 2.26. The van der Waals surface area contributed by atoms with Gasteiger partial charge in [-0.15, -0.1) is 11.3 Å². The van der Waals surface area contributed by atoms with Crippen molar-refractivity contribution in [3.05, 3.63) is 61.5 Å². The highest BCUT2D eigenvalue weighted by molar-refractivity contribution is 7.20. The third-order valence-electron chi connectivity index (χ3n) is 3.80. The molecule has 0 saturated heterocycles. The molecule has 2 heterocycles. The quantitative estimate of drug-likeness (QED) is 0.499. The molecule has 3 rings (SSSR count). The Balaban J connectivity index is 1.87. The van der Waals surface area contributed by atoms with Gasteiger partial charge < -0.3 is 11.1 Å². The van der Waals surface area contributed by atoms with Crippen LogP contribution in [0, 0.1) is 17.0 Å². The smallest absolute Gasteiger partial charge is 0.271 e. The minimum absolute atomic E-state index is 0.166. The van der Waals surface area contributed by atoms with Crippen molar-refractivity contribution in [3.63, 3.8) is 0 Å². The molecule has 0 saturated carbocycles. The molecule has 11 heteroatoms. The fourth-order valence-corrected chi connectivity index (χ4v) is 3.55. The number of nitrogens with two attached hydrogens (primary N) is 1. The number of aromatic nitrogens is 2. The van der Waals surface area contributed by atoms with E-state index >= 15 is 0 Å². The third-order valence-corrected chi connectivity index (χ3v) is 5.01. The number of hydrogen-bond donors (Lipinski definition) is 2. The van der Waals surface area contributed by atoms with E-state index in [2.05, 4.69) is 10.3 Å². The minimum Gasteiger partial charge on any atom is -0.365 e. The molecule has 0 aliphatic rings. The third kappa shape index (κ3) is 3.53. The molecule has 10 nitrogen and oxygen atoms in total. The Kier molecular flexibility index (Phi) is 4.69. The molecule has 0 aliphatic heterocycles.